The third kappa shape index (κ3) is 4.29. The third-order valence-corrected chi connectivity index (χ3v) is 4.49. The normalized spacial score (nSPS) is 10.4. The first-order valence-electron chi connectivity index (χ1n) is 8.42. The number of methoxy groups -OCH3 is 1. The number of carbonyl (C=O) groups is 2. The van der Waals surface area contributed by atoms with Gasteiger partial charge in [-0.3, -0.25) is 9.59 Å². The summed E-state index contributed by atoms with van der Waals surface area (Å²) in [6.07, 6.45) is 1.46. The van der Waals surface area contributed by atoms with Crippen molar-refractivity contribution in [2.45, 2.75) is 6.54 Å². The molecule has 1 heterocycles. The van der Waals surface area contributed by atoms with Crippen LogP contribution in [-0.4, -0.2) is 23.6 Å². The van der Waals surface area contributed by atoms with Crippen molar-refractivity contribution < 1.29 is 14.3 Å². The highest BCUT2D eigenvalue weighted by atomic mass is 35.5. The molecule has 3 rings (SSSR count). The Morgan fingerprint density at radius 1 is 1.04 bits per heavy atom. The molecule has 0 unspecified atom stereocenters. The molecule has 3 aromatic rings. The van der Waals surface area contributed by atoms with E-state index >= 15 is 0 Å². The second-order valence-electron chi connectivity index (χ2n) is 5.97. The smallest absolute Gasteiger partial charge is 0.339 e. The van der Waals surface area contributed by atoms with E-state index in [9.17, 15) is 14.4 Å². The van der Waals surface area contributed by atoms with E-state index in [2.05, 4.69) is 5.32 Å². The van der Waals surface area contributed by atoms with Gasteiger partial charge in [-0.05, 0) is 29.8 Å². The summed E-state index contributed by atoms with van der Waals surface area (Å²) in [6, 6.07) is 16.5. The molecule has 28 heavy (non-hydrogen) atoms. The fourth-order valence-corrected chi connectivity index (χ4v) is 2.87. The maximum atomic E-state index is 12.7. The SMILES string of the molecule is COC(=O)c1ccccc1NC(=O)c1ccc(=O)n(Cc2ccccc2Cl)c1. The average Bonchev–Trinajstić information content (AvgIpc) is 2.71. The number of nitrogens with zero attached hydrogens (tertiary/aromatic N) is 1. The van der Waals surface area contributed by atoms with E-state index < -0.39 is 11.9 Å². The molecule has 1 amide bonds. The molecule has 0 aliphatic carbocycles. The molecule has 0 atom stereocenters. The van der Waals surface area contributed by atoms with Crippen LogP contribution in [-0.2, 0) is 11.3 Å². The van der Waals surface area contributed by atoms with E-state index in [1.807, 2.05) is 12.1 Å². The highest BCUT2D eigenvalue weighted by Crippen LogP contribution is 2.18. The number of esters is 1. The number of hydrogen-bond acceptors (Lipinski definition) is 4. The number of aromatic nitrogens is 1. The lowest BCUT2D eigenvalue weighted by Gasteiger charge is -2.12. The summed E-state index contributed by atoms with van der Waals surface area (Å²) in [4.78, 5) is 36.7. The van der Waals surface area contributed by atoms with Crippen molar-refractivity contribution in [2.75, 3.05) is 12.4 Å². The number of para-hydroxylation sites is 1. The Morgan fingerprint density at radius 2 is 1.75 bits per heavy atom. The lowest BCUT2D eigenvalue weighted by atomic mass is 10.1. The Balaban J connectivity index is 1.87. The Hall–Kier alpha value is -3.38. The van der Waals surface area contributed by atoms with Gasteiger partial charge in [-0.2, -0.15) is 0 Å². The van der Waals surface area contributed by atoms with E-state index in [1.165, 1.54) is 30.0 Å². The summed E-state index contributed by atoms with van der Waals surface area (Å²) < 4.78 is 6.13. The number of pyridine rings is 1. The van der Waals surface area contributed by atoms with Crippen LogP contribution < -0.4 is 10.9 Å². The highest BCUT2D eigenvalue weighted by molar-refractivity contribution is 6.31. The maximum absolute atomic E-state index is 12.7. The van der Waals surface area contributed by atoms with Crippen molar-refractivity contribution in [1.82, 2.24) is 4.57 Å². The van der Waals surface area contributed by atoms with Gasteiger partial charge in [-0.15, -0.1) is 0 Å². The molecule has 0 aliphatic heterocycles. The van der Waals surface area contributed by atoms with Crippen LogP contribution in [0.5, 0.6) is 0 Å². The number of amides is 1. The molecule has 6 nitrogen and oxygen atoms in total. The van der Waals surface area contributed by atoms with Gasteiger partial charge in [0.1, 0.15) is 0 Å². The molecular weight excluding hydrogens is 380 g/mol. The summed E-state index contributed by atoms with van der Waals surface area (Å²) >= 11 is 6.16. The van der Waals surface area contributed by atoms with Crippen LogP contribution in [0.1, 0.15) is 26.3 Å². The van der Waals surface area contributed by atoms with E-state index in [1.54, 1.807) is 36.4 Å². The Labute approximate surface area is 166 Å². The van der Waals surface area contributed by atoms with Crippen molar-refractivity contribution in [3.63, 3.8) is 0 Å². The van der Waals surface area contributed by atoms with Crippen molar-refractivity contribution in [2.24, 2.45) is 0 Å². The number of carbonyl (C=O) groups excluding carboxylic acids is 2. The molecule has 1 N–H and O–H groups in total. The summed E-state index contributed by atoms with van der Waals surface area (Å²) in [7, 11) is 1.27. The summed E-state index contributed by atoms with van der Waals surface area (Å²) in [5, 5.41) is 3.22. The van der Waals surface area contributed by atoms with Gasteiger partial charge in [0.05, 0.1) is 30.5 Å². The van der Waals surface area contributed by atoms with Gasteiger partial charge < -0.3 is 14.6 Å². The van der Waals surface area contributed by atoms with E-state index in [0.717, 1.165) is 5.56 Å². The van der Waals surface area contributed by atoms with E-state index in [-0.39, 0.29) is 23.2 Å². The number of rotatable bonds is 5. The van der Waals surface area contributed by atoms with Crippen molar-refractivity contribution in [3.05, 3.63) is 98.9 Å². The van der Waals surface area contributed by atoms with Crippen LogP contribution in [0.3, 0.4) is 0 Å². The molecular formula is C21H17ClN2O4. The minimum absolute atomic E-state index is 0.234. The predicted octanol–water partition coefficient (Wildman–Crippen LogP) is 3.59. The zero-order valence-electron chi connectivity index (χ0n) is 15.0. The van der Waals surface area contributed by atoms with Gasteiger partial charge in [0, 0.05) is 17.3 Å². The minimum Gasteiger partial charge on any atom is -0.465 e. The summed E-state index contributed by atoms with van der Waals surface area (Å²) in [6.45, 7) is 0.234. The zero-order valence-corrected chi connectivity index (χ0v) is 15.8. The van der Waals surface area contributed by atoms with E-state index in [4.69, 9.17) is 16.3 Å². The number of benzene rings is 2. The van der Waals surface area contributed by atoms with Crippen LogP contribution in [0, 0.1) is 0 Å². The van der Waals surface area contributed by atoms with Crippen LogP contribution >= 0.6 is 11.6 Å². The third-order valence-electron chi connectivity index (χ3n) is 4.12. The lowest BCUT2D eigenvalue weighted by Crippen LogP contribution is -2.23. The number of halogens is 1. The number of nitrogens with one attached hydrogen (secondary N) is 1. The molecule has 0 spiro atoms. The molecule has 0 saturated heterocycles. The van der Waals surface area contributed by atoms with Crippen molar-refractivity contribution >= 4 is 29.2 Å². The van der Waals surface area contributed by atoms with Crippen LogP contribution in [0.25, 0.3) is 0 Å². The number of ether oxygens (including phenoxy) is 1. The topological polar surface area (TPSA) is 77.4 Å². The predicted molar refractivity (Wildman–Crippen MR) is 107 cm³/mol. The Morgan fingerprint density at radius 3 is 2.50 bits per heavy atom. The maximum Gasteiger partial charge on any atom is 0.339 e. The Kier molecular flexibility index (Phi) is 5.91. The molecule has 2 aromatic carbocycles. The fourth-order valence-electron chi connectivity index (χ4n) is 2.67. The molecule has 0 fully saturated rings. The number of hydrogen-bond donors (Lipinski definition) is 1. The summed E-state index contributed by atoms with van der Waals surface area (Å²) in [5.41, 5.74) is 1.34. The average molecular weight is 397 g/mol. The monoisotopic (exact) mass is 396 g/mol. The van der Waals surface area contributed by atoms with Gasteiger partial charge >= 0.3 is 5.97 Å². The zero-order chi connectivity index (χ0) is 20.1. The van der Waals surface area contributed by atoms with Gasteiger partial charge in [-0.1, -0.05) is 41.9 Å². The molecule has 7 heteroatoms. The van der Waals surface area contributed by atoms with Crippen molar-refractivity contribution in [1.29, 1.82) is 0 Å². The fraction of sp³-hybridized carbons (Fsp3) is 0.0952. The molecule has 0 bridgehead atoms. The largest absolute Gasteiger partial charge is 0.465 e. The molecule has 0 saturated carbocycles. The van der Waals surface area contributed by atoms with Gasteiger partial charge in [0.15, 0.2) is 0 Å². The van der Waals surface area contributed by atoms with Gasteiger partial charge in [0.25, 0.3) is 11.5 Å². The first kappa shape index (κ1) is 19.4. The van der Waals surface area contributed by atoms with Crippen LogP contribution in [0.4, 0.5) is 5.69 Å². The van der Waals surface area contributed by atoms with Crippen LogP contribution in [0.15, 0.2) is 71.7 Å². The minimum atomic E-state index is -0.556. The molecule has 0 radical (unpaired) electrons. The Bertz CT molecular complexity index is 1090. The highest BCUT2D eigenvalue weighted by Gasteiger charge is 2.15. The van der Waals surface area contributed by atoms with Crippen molar-refractivity contribution in [3.8, 4) is 0 Å². The first-order chi connectivity index (χ1) is 13.5. The molecule has 0 aliphatic rings. The standard InChI is InChI=1S/C21H17ClN2O4/c1-28-21(27)16-7-3-5-9-18(16)23-20(26)15-10-11-19(25)24(13-15)12-14-6-2-4-8-17(14)22/h2-11,13H,12H2,1H3,(H,23,26). The lowest BCUT2D eigenvalue weighted by molar-refractivity contribution is 0.0602. The second-order valence-corrected chi connectivity index (χ2v) is 6.37. The van der Waals surface area contributed by atoms with Gasteiger partial charge in [0.2, 0.25) is 0 Å². The van der Waals surface area contributed by atoms with Gasteiger partial charge in [-0.25, -0.2) is 4.79 Å². The first-order valence-corrected chi connectivity index (χ1v) is 8.80. The second kappa shape index (κ2) is 8.54. The van der Waals surface area contributed by atoms with E-state index in [0.29, 0.717) is 10.7 Å². The number of anilines is 1. The summed E-state index contributed by atoms with van der Waals surface area (Å²) in [5.74, 6) is -1.01. The molecule has 142 valence electrons. The molecule has 1 aromatic heterocycles. The quantitative estimate of drug-likeness (QED) is 0.668. The van der Waals surface area contributed by atoms with Crippen LogP contribution in [0.2, 0.25) is 5.02 Å².